The minimum atomic E-state index is 0.229. The highest BCUT2D eigenvalue weighted by molar-refractivity contribution is 5.35. The van der Waals surface area contributed by atoms with E-state index in [1.165, 1.54) is 16.7 Å². The van der Waals surface area contributed by atoms with Gasteiger partial charge in [0.2, 0.25) is 0 Å². The molecule has 0 aliphatic carbocycles. The van der Waals surface area contributed by atoms with Gasteiger partial charge in [-0.1, -0.05) is 45.9 Å². The van der Waals surface area contributed by atoms with Crippen molar-refractivity contribution in [1.82, 2.24) is 0 Å². The molecule has 1 heterocycles. The van der Waals surface area contributed by atoms with Crippen molar-refractivity contribution >= 4 is 0 Å². The molecule has 0 amide bonds. The summed E-state index contributed by atoms with van der Waals surface area (Å²) >= 11 is 0. The van der Waals surface area contributed by atoms with E-state index in [0.717, 1.165) is 19.6 Å². The first kappa shape index (κ1) is 11.7. The summed E-state index contributed by atoms with van der Waals surface area (Å²) in [5.74, 6) is 0.640. The van der Waals surface area contributed by atoms with Crippen LogP contribution in [0, 0.1) is 5.92 Å². The fourth-order valence-electron chi connectivity index (χ4n) is 2.23. The summed E-state index contributed by atoms with van der Waals surface area (Å²) in [5.41, 5.74) is 4.49. The maximum absolute atomic E-state index is 5.70. The molecule has 1 aromatic carbocycles. The number of hydrogen-bond acceptors (Lipinski definition) is 1. The summed E-state index contributed by atoms with van der Waals surface area (Å²) in [4.78, 5) is 0. The molecule has 1 nitrogen and oxygen atoms in total. The molecule has 1 unspecified atom stereocenters. The topological polar surface area (TPSA) is 9.23 Å². The van der Waals surface area contributed by atoms with Crippen molar-refractivity contribution in [1.29, 1.82) is 0 Å². The number of fused-ring (bicyclic) bond motifs is 1. The molecule has 1 aliphatic heterocycles. The highest BCUT2D eigenvalue weighted by Crippen LogP contribution is 2.27. The van der Waals surface area contributed by atoms with Gasteiger partial charge in [-0.3, -0.25) is 0 Å². The lowest BCUT2D eigenvalue weighted by atomic mass is 9.84. The maximum atomic E-state index is 5.70. The van der Waals surface area contributed by atoms with Crippen molar-refractivity contribution in [2.24, 2.45) is 5.92 Å². The predicted molar refractivity (Wildman–Crippen MR) is 67.7 cm³/mol. The molecule has 1 aliphatic rings. The van der Waals surface area contributed by atoms with Crippen molar-refractivity contribution in [3.63, 3.8) is 0 Å². The highest BCUT2D eigenvalue weighted by Gasteiger charge is 2.18. The molecule has 0 saturated carbocycles. The molecule has 1 heteroatoms. The average Bonchev–Trinajstić information content (AvgIpc) is 2.35. The second-order valence-electron chi connectivity index (χ2n) is 6.06. The number of hydrogen-bond donors (Lipinski definition) is 0. The zero-order valence-electron chi connectivity index (χ0n) is 10.8. The van der Waals surface area contributed by atoms with Gasteiger partial charge in [-0.2, -0.15) is 0 Å². The van der Waals surface area contributed by atoms with E-state index in [2.05, 4.69) is 45.9 Å². The van der Waals surface area contributed by atoms with Crippen LogP contribution in [-0.2, 0) is 23.2 Å². The monoisotopic (exact) mass is 218 g/mol. The van der Waals surface area contributed by atoms with Gasteiger partial charge in [0.05, 0.1) is 6.61 Å². The average molecular weight is 218 g/mol. The first-order chi connectivity index (χ1) is 7.47. The van der Waals surface area contributed by atoms with Crippen LogP contribution in [-0.4, -0.2) is 6.61 Å². The Labute approximate surface area is 98.8 Å². The zero-order chi connectivity index (χ0) is 11.8. The van der Waals surface area contributed by atoms with Crippen LogP contribution in [0.1, 0.15) is 44.4 Å². The Morgan fingerprint density at radius 1 is 1.19 bits per heavy atom. The number of ether oxygens (including phenoxy) is 1. The van der Waals surface area contributed by atoms with E-state index in [0.29, 0.717) is 5.92 Å². The molecule has 0 bridgehead atoms. The van der Waals surface area contributed by atoms with Crippen LogP contribution in [0.15, 0.2) is 18.2 Å². The van der Waals surface area contributed by atoms with E-state index in [4.69, 9.17) is 4.74 Å². The van der Waals surface area contributed by atoms with Gasteiger partial charge >= 0.3 is 0 Å². The fourth-order valence-corrected chi connectivity index (χ4v) is 2.23. The second-order valence-corrected chi connectivity index (χ2v) is 6.06. The Morgan fingerprint density at radius 3 is 2.62 bits per heavy atom. The molecule has 0 aromatic heterocycles. The first-order valence-corrected chi connectivity index (χ1v) is 6.17. The van der Waals surface area contributed by atoms with Crippen molar-refractivity contribution in [2.45, 2.75) is 46.1 Å². The summed E-state index contributed by atoms with van der Waals surface area (Å²) in [5, 5.41) is 0. The first-order valence-electron chi connectivity index (χ1n) is 6.17. The Balaban J connectivity index is 2.35. The van der Waals surface area contributed by atoms with E-state index in [-0.39, 0.29) is 5.41 Å². The molecule has 1 atom stereocenters. The summed E-state index contributed by atoms with van der Waals surface area (Å²) in [7, 11) is 0. The smallest absolute Gasteiger partial charge is 0.0719 e. The van der Waals surface area contributed by atoms with Crippen molar-refractivity contribution in [3.8, 4) is 0 Å². The van der Waals surface area contributed by atoms with Gasteiger partial charge in [-0.15, -0.1) is 0 Å². The van der Waals surface area contributed by atoms with Crippen molar-refractivity contribution in [3.05, 3.63) is 34.9 Å². The minimum absolute atomic E-state index is 0.229. The quantitative estimate of drug-likeness (QED) is 0.645. The number of rotatable bonds is 0. The second kappa shape index (κ2) is 4.21. The molecule has 0 saturated heterocycles. The Morgan fingerprint density at radius 2 is 1.94 bits per heavy atom. The maximum Gasteiger partial charge on any atom is 0.0719 e. The molecule has 1 aromatic rings. The molecule has 0 spiro atoms. The van der Waals surface area contributed by atoms with E-state index >= 15 is 0 Å². The molecule has 0 N–H and O–H groups in total. The van der Waals surface area contributed by atoms with E-state index in [9.17, 15) is 0 Å². The van der Waals surface area contributed by atoms with Gasteiger partial charge in [0, 0.05) is 6.61 Å². The SMILES string of the molecule is CC1COCc2cc(C(C)(C)C)ccc2C1. The van der Waals surface area contributed by atoms with Gasteiger partial charge in [0.15, 0.2) is 0 Å². The van der Waals surface area contributed by atoms with Gasteiger partial charge in [-0.05, 0) is 34.4 Å². The summed E-state index contributed by atoms with van der Waals surface area (Å²) in [6.07, 6.45) is 1.15. The molecule has 16 heavy (non-hydrogen) atoms. The standard InChI is InChI=1S/C15H22O/c1-11-7-12-5-6-14(15(2,3)4)8-13(12)10-16-9-11/h5-6,8,11H,7,9-10H2,1-4H3. The Kier molecular flexibility index (Phi) is 3.07. The Hall–Kier alpha value is -0.820. The van der Waals surface area contributed by atoms with Crippen LogP contribution in [0.3, 0.4) is 0 Å². The van der Waals surface area contributed by atoms with Gasteiger partial charge in [0.25, 0.3) is 0 Å². The lowest BCUT2D eigenvalue weighted by Gasteiger charge is -2.21. The lowest BCUT2D eigenvalue weighted by molar-refractivity contribution is 0.100. The molecule has 0 fully saturated rings. The third-order valence-corrected chi connectivity index (χ3v) is 3.30. The Bertz CT molecular complexity index is 374. The summed E-state index contributed by atoms with van der Waals surface area (Å²) in [6.45, 7) is 10.7. The van der Waals surface area contributed by atoms with E-state index < -0.39 is 0 Å². The molecular formula is C15H22O. The highest BCUT2D eigenvalue weighted by atomic mass is 16.5. The van der Waals surface area contributed by atoms with Crippen molar-refractivity contribution in [2.75, 3.05) is 6.61 Å². The fraction of sp³-hybridized carbons (Fsp3) is 0.600. The number of benzene rings is 1. The zero-order valence-corrected chi connectivity index (χ0v) is 10.8. The summed E-state index contributed by atoms with van der Waals surface area (Å²) < 4.78 is 5.70. The molecule has 2 rings (SSSR count). The van der Waals surface area contributed by atoms with Crippen LogP contribution in [0.5, 0.6) is 0 Å². The van der Waals surface area contributed by atoms with Crippen LogP contribution in [0.25, 0.3) is 0 Å². The van der Waals surface area contributed by atoms with Gasteiger partial charge in [-0.25, -0.2) is 0 Å². The third kappa shape index (κ3) is 2.46. The van der Waals surface area contributed by atoms with Crippen molar-refractivity contribution < 1.29 is 4.74 Å². The van der Waals surface area contributed by atoms with Crippen LogP contribution >= 0.6 is 0 Å². The van der Waals surface area contributed by atoms with Crippen LogP contribution in [0.4, 0.5) is 0 Å². The summed E-state index contributed by atoms with van der Waals surface area (Å²) in [6, 6.07) is 6.89. The normalized spacial score (nSPS) is 21.4. The molecular weight excluding hydrogens is 196 g/mol. The lowest BCUT2D eigenvalue weighted by Crippen LogP contribution is -2.12. The minimum Gasteiger partial charge on any atom is -0.376 e. The van der Waals surface area contributed by atoms with Crippen LogP contribution < -0.4 is 0 Å². The largest absolute Gasteiger partial charge is 0.376 e. The van der Waals surface area contributed by atoms with Gasteiger partial charge in [0.1, 0.15) is 0 Å². The van der Waals surface area contributed by atoms with Gasteiger partial charge < -0.3 is 4.74 Å². The molecule has 0 radical (unpaired) electrons. The van der Waals surface area contributed by atoms with Crippen LogP contribution in [0.2, 0.25) is 0 Å². The van der Waals surface area contributed by atoms with E-state index in [1.807, 2.05) is 0 Å². The predicted octanol–water partition coefficient (Wildman–Crippen LogP) is 3.69. The molecule has 88 valence electrons. The third-order valence-electron chi connectivity index (χ3n) is 3.30. The van der Waals surface area contributed by atoms with E-state index in [1.54, 1.807) is 0 Å².